The van der Waals surface area contributed by atoms with Gasteiger partial charge in [-0.2, -0.15) is 5.26 Å². The van der Waals surface area contributed by atoms with E-state index in [1.807, 2.05) is 19.9 Å². The number of amides is 4. The molecule has 4 rings (SSSR count). The lowest BCUT2D eigenvalue weighted by molar-refractivity contribution is -0.146. The number of hydrogen-bond acceptors (Lipinski definition) is 5. The number of rotatable bonds is 7. The van der Waals surface area contributed by atoms with E-state index >= 15 is 0 Å². The minimum absolute atomic E-state index is 0.00798. The van der Waals surface area contributed by atoms with Crippen molar-refractivity contribution in [3.63, 3.8) is 0 Å². The zero-order valence-electron chi connectivity index (χ0n) is 22.7. The van der Waals surface area contributed by atoms with Crippen molar-refractivity contribution in [2.75, 3.05) is 18.9 Å². The molecule has 4 amide bonds. The van der Waals surface area contributed by atoms with Gasteiger partial charge in [-0.3, -0.25) is 19.2 Å². The number of likely N-dealkylation sites (N-methyl/N-ethyl adjacent to an activating group) is 1. The Morgan fingerprint density at radius 2 is 1.88 bits per heavy atom. The number of halogens is 2. The van der Waals surface area contributed by atoms with Gasteiger partial charge in [0.25, 0.3) is 5.91 Å². The van der Waals surface area contributed by atoms with Crippen LogP contribution in [0.3, 0.4) is 0 Å². The highest BCUT2D eigenvalue weighted by Gasteiger charge is 2.56. The van der Waals surface area contributed by atoms with Crippen LogP contribution >= 0.6 is 0 Å². The molecule has 0 aliphatic carbocycles. The van der Waals surface area contributed by atoms with Gasteiger partial charge in [0.05, 0.1) is 11.5 Å². The summed E-state index contributed by atoms with van der Waals surface area (Å²) in [5.74, 6) is -4.41. The van der Waals surface area contributed by atoms with Crippen LogP contribution < -0.4 is 10.6 Å². The van der Waals surface area contributed by atoms with Crippen molar-refractivity contribution in [3.05, 3.63) is 65.2 Å². The first kappa shape index (κ1) is 28.7. The fourth-order valence-corrected chi connectivity index (χ4v) is 5.49. The maximum absolute atomic E-state index is 14.0. The Kier molecular flexibility index (Phi) is 7.91. The Bertz CT molecular complexity index is 1410. The average molecular weight is 552 g/mol. The molecule has 0 aromatic heterocycles. The predicted molar refractivity (Wildman–Crippen MR) is 142 cm³/mol. The molecule has 2 aromatic rings. The molecule has 2 aliphatic heterocycles. The number of anilines is 1. The Hall–Kier alpha value is -4.33. The van der Waals surface area contributed by atoms with Gasteiger partial charge in [-0.1, -0.05) is 32.0 Å². The highest BCUT2D eigenvalue weighted by Crippen LogP contribution is 2.46. The van der Waals surface area contributed by atoms with Crippen molar-refractivity contribution in [2.24, 2.45) is 5.92 Å². The summed E-state index contributed by atoms with van der Waals surface area (Å²) < 4.78 is 26.8. The number of nitriles is 1. The van der Waals surface area contributed by atoms with Gasteiger partial charge in [0.15, 0.2) is 11.6 Å². The van der Waals surface area contributed by atoms with Crippen molar-refractivity contribution in [3.8, 4) is 6.07 Å². The number of hydrogen-bond donors (Lipinski definition) is 2. The van der Waals surface area contributed by atoms with Gasteiger partial charge in [-0.15, -0.1) is 0 Å². The maximum Gasteiger partial charge on any atom is 0.252 e. The van der Waals surface area contributed by atoms with E-state index in [4.69, 9.17) is 0 Å². The lowest BCUT2D eigenvalue weighted by Crippen LogP contribution is -2.55. The number of likely N-dealkylation sites (tertiary alicyclic amines) is 1. The molecule has 40 heavy (non-hydrogen) atoms. The first-order chi connectivity index (χ1) is 18.9. The molecular formula is C29H31F2N5O4. The van der Waals surface area contributed by atoms with Crippen molar-refractivity contribution < 1.29 is 28.0 Å². The van der Waals surface area contributed by atoms with Crippen LogP contribution in [0.25, 0.3) is 0 Å². The average Bonchev–Trinajstić information content (AvgIpc) is 3.45. The monoisotopic (exact) mass is 551 g/mol. The molecule has 1 saturated heterocycles. The molecule has 2 aliphatic rings. The van der Waals surface area contributed by atoms with E-state index in [1.165, 1.54) is 23.8 Å². The van der Waals surface area contributed by atoms with Crippen molar-refractivity contribution in [1.82, 2.24) is 15.1 Å². The molecular weight excluding hydrogens is 520 g/mol. The van der Waals surface area contributed by atoms with Crippen molar-refractivity contribution in [1.29, 1.82) is 5.26 Å². The first-order valence-electron chi connectivity index (χ1n) is 13.0. The number of benzene rings is 2. The molecule has 1 unspecified atom stereocenters. The lowest BCUT2D eigenvalue weighted by Gasteiger charge is -2.34. The van der Waals surface area contributed by atoms with E-state index in [1.54, 1.807) is 18.2 Å². The van der Waals surface area contributed by atoms with Crippen LogP contribution in [0.4, 0.5) is 14.5 Å². The van der Waals surface area contributed by atoms with Crippen LogP contribution in [0.15, 0.2) is 42.5 Å². The quantitative estimate of drug-likeness (QED) is 0.548. The topological polar surface area (TPSA) is 123 Å². The van der Waals surface area contributed by atoms with Crippen LogP contribution in [0.2, 0.25) is 0 Å². The smallest absolute Gasteiger partial charge is 0.252 e. The Morgan fingerprint density at radius 1 is 1.18 bits per heavy atom. The number of carbonyl (C=O) groups excluding carboxylic acids is 4. The molecule has 2 heterocycles. The van der Waals surface area contributed by atoms with E-state index in [9.17, 15) is 33.2 Å². The Morgan fingerprint density at radius 3 is 2.52 bits per heavy atom. The van der Waals surface area contributed by atoms with Crippen LogP contribution in [0, 0.1) is 28.9 Å². The van der Waals surface area contributed by atoms with Crippen LogP contribution in [-0.4, -0.2) is 65.1 Å². The molecule has 0 bridgehead atoms. The number of para-hydroxylation sites is 1. The zero-order valence-corrected chi connectivity index (χ0v) is 22.7. The SMILES string of the molecule is CC(C)C[C@@H](C(=O)N1C[C@]2(C[C@H]1C#N)C(=O)Nc1ccccc12)N(C)C(=O)C(C)NC(=O)c1ccc(F)c(F)c1. The second-order valence-corrected chi connectivity index (χ2v) is 10.8. The molecule has 1 spiro atoms. The third-order valence-electron chi connectivity index (χ3n) is 7.61. The molecule has 11 heteroatoms. The summed E-state index contributed by atoms with van der Waals surface area (Å²) in [6, 6.07) is 9.04. The molecule has 2 aromatic carbocycles. The summed E-state index contributed by atoms with van der Waals surface area (Å²) in [6.07, 6.45) is 0.403. The molecule has 9 nitrogen and oxygen atoms in total. The minimum Gasteiger partial charge on any atom is -0.341 e. The van der Waals surface area contributed by atoms with E-state index in [2.05, 4.69) is 16.7 Å². The normalized spacial score (nSPS) is 21.0. The summed E-state index contributed by atoms with van der Waals surface area (Å²) in [6.45, 7) is 5.20. The van der Waals surface area contributed by atoms with Gasteiger partial charge < -0.3 is 20.4 Å². The Balaban J connectivity index is 1.55. The highest BCUT2D eigenvalue weighted by atomic mass is 19.2. The van der Waals surface area contributed by atoms with Gasteiger partial charge >= 0.3 is 0 Å². The fraction of sp³-hybridized carbons (Fsp3) is 0.414. The first-order valence-corrected chi connectivity index (χ1v) is 13.0. The summed E-state index contributed by atoms with van der Waals surface area (Å²) in [4.78, 5) is 55.6. The molecule has 0 saturated carbocycles. The summed E-state index contributed by atoms with van der Waals surface area (Å²) in [5.41, 5.74) is 0.151. The van der Waals surface area contributed by atoms with Gasteiger partial charge in [0.2, 0.25) is 17.7 Å². The van der Waals surface area contributed by atoms with Crippen molar-refractivity contribution >= 4 is 29.3 Å². The van der Waals surface area contributed by atoms with E-state index in [0.29, 0.717) is 5.69 Å². The van der Waals surface area contributed by atoms with E-state index < -0.39 is 52.9 Å². The van der Waals surface area contributed by atoms with E-state index in [0.717, 1.165) is 23.8 Å². The van der Waals surface area contributed by atoms with Gasteiger partial charge in [-0.25, -0.2) is 8.78 Å². The van der Waals surface area contributed by atoms with Crippen molar-refractivity contribution in [2.45, 2.75) is 57.2 Å². The van der Waals surface area contributed by atoms with Gasteiger partial charge in [0.1, 0.15) is 18.1 Å². The van der Waals surface area contributed by atoms with Crippen LogP contribution in [0.1, 0.15) is 49.5 Å². The fourth-order valence-electron chi connectivity index (χ4n) is 5.49. The minimum atomic E-state index is -1.19. The van der Waals surface area contributed by atoms with Crippen LogP contribution in [0.5, 0.6) is 0 Å². The molecule has 1 fully saturated rings. The largest absolute Gasteiger partial charge is 0.341 e. The molecule has 4 atom stereocenters. The molecule has 0 radical (unpaired) electrons. The summed E-state index contributed by atoms with van der Waals surface area (Å²) in [7, 11) is 1.44. The number of nitrogens with one attached hydrogen (secondary N) is 2. The molecule has 2 N–H and O–H groups in total. The Labute approximate surface area is 231 Å². The predicted octanol–water partition coefficient (Wildman–Crippen LogP) is 2.97. The maximum atomic E-state index is 14.0. The second-order valence-electron chi connectivity index (χ2n) is 10.8. The highest BCUT2D eigenvalue weighted by molar-refractivity contribution is 6.07. The number of carbonyl (C=O) groups is 4. The molecule has 210 valence electrons. The second kappa shape index (κ2) is 11.0. The number of nitrogens with zero attached hydrogens (tertiary/aromatic N) is 3. The standard InChI is InChI=1S/C29H31F2N5O4/c1-16(2)11-24(35(4)26(38)17(3)33-25(37)18-9-10-21(30)22(31)12-18)27(39)36-15-29(13-19(36)14-32)20-7-5-6-8-23(20)34-28(29)40/h5-10,12,16-17,19,24H,11,13,15H2,1-4H3,(H,33,37)(H,34,40)/t17?,19-,24-,29-/m0/s1. The zero-order chi connectivity index (χ0) is 29.4. The summed E-state index contributed by atoms with van der Waals surface area (Å²) in [5, 5.41) is 15.3. The third kappa shape index (κ3) is 5.13. The van der Waals surface area contributed by atoms with Gasteiger partial charge in [-0.05, 0) is 49.1 Å². The van der Waals surface area contributed by atoms with Gasteiger partial charge in [0, 0.05) is 31.3 Å². The van der Waals surface area contributed by atoms with Crippen LogP contribution in [-0.2, 0) is 19.8 Å². The van der Waals surface area contributed by atoms with E-state index in [-0.39, 0.29) is 36.8 Å². The lowest BCUT2D eigenvalue weighted by atomic mass is 9.80. The third-order valence-corrected chi connectivity index (χ3v) is 7.61. The number of fused-ring (bicyclic) bond motifs is 2. The summed E-state index contributed by atoms with van der Waals surface area (Å²) >= 11 is 0.